The van der Waals surface area contributed by atoms with Gasteiger partial charge in [0.1, 0.15) is 0 Å². The Morgan fingerprint density at radius 2 is 2.00 bits per heavy atom. The first-order valence-electron chi connectivity index (χ1n) is 4.80. The van der Waals surface area contributed by atoms with Gasteiger partial charge in [-0.3, -0.25) is 0 Å². The van der Waals surface area contributed by atoms with Gasteiger partial charge in [0, 0.05) is 0 Å². The Morgan fingerprint density at radius 1 is 1.31 bits per heavy atom. The number of hydrogen-bond acceptors (Lipinski definition) is 0. The summed E-state index contributed by atoms with van der Waals surface area (Å²) in [4.78, 5) is 0. The Balaban J connectivity index is 2.73. The lowest BCUT2D eigenvalue weighted by Gasteiger charge is -1.91. The SMILES string of the molecule is CCCC(C)=C=Cc1ccccc1. The molecular weight excluding hydrogens is 156 g/mol. The molecule has 1 aromatic rings. The van der Waals surface area contributed by atoms with Gasteiger partial charge in [0.15, 0.2) is 0 Å². The Bertz CT molecular complexity index is 300. The van der Waals surface area contributed by atoms with E-state index in [-0.39, 0.29) is 0 Å². The first-order chi connectivity index (χ1) is 6.33. The van der Waals surface area contributed by atoms with Crippen LogP contribution in [0, 0.1) is 0 Å². The van der Waals surface area contributed by atoms with Crippen LogP contribution in [-0.4, -0.2) is 0 Å². The summed E-state index contributed by atoms with van der Waals surface area (Å²) in [5.74, 6) is 0. The molecule has 1 aromatic carbocycles. The van der Waals surface area contributed by atoms with Crippen molar-refractivity contribution in [2.24, 2.45) is 0 Å². The van der Waals surface area contributed by atoms with Crippen molar-refractivity contribution in [3.63, 3.8) is 0 Å². The molecule has 0 nitrogen and oxygen atoms in total. The fraction of sp³-hybridized carbons (Fsp3) is 0.308. The van der Waals surface area contributed by atoms with Crippen molar-refractivity contribution in [3.05, 3.63) is 47.2 Å². The third-order valence-electron chi connectivity index (χ3n) is 1.91. The van der Waals surface area contributed by atoms with Gasteiger partial charge in [0.2, 0.25) is 0 Å². The smallest absolute Gasteiger partial charge is 0.0128 e. The monoisotopic (exact) mass is 172 g/mol. The van der Waals surface area contributed by atoms with Crippen molar-refractivity contribution >= 4 is 6.08 Å². The second-order valence-electron chi connectivity index (χ2n) is 3.23. The van der Waals surface area contributed by atoms with Crippen molar-refractivity contribution in [3.8, 4) is 0 Å². The van der Waals surface area contributed by atoms with Gasteiger partial charge in [-0.15, -0.1) is 5.73 Å². The van der Waals surface area contributed by atoms with Crippen molar-refractivity contribution < 1.29 is 0 Å². The quantitative estimate of drug-likeness (QED) is 0.603. The summed E-state index contributed by atoms with van der Waals surface area (Å²) in [5, 5.41) is 0. The van der Waals surface area contributed by atoms with Gasteiger partial charge in [-0.2, -0.15) is 0 Å². The van der Waals surface area contributed by atoms with E-state index in [1.165, 1.54) is 17.6 Å². The molecule has 0 amide bonds. The van der Waals surface area contributed by atoms with Crippen molar-refractivity contribution in [1.82, 2.24) is 0 Å². The van der Waals surface area contributed by atoms with Gasteiger partial charge >= 0.3 is 0 Å². The van der Waals surface area contributed by atoms with Crippen LogP contribution in [0.3, 0.4) is 0 Å². The highest BCUT2D eigenvalue weighted by Gasteiger charge is 1.84. The van der Waals surface area contributed by atoms with Crippen LogP contribution in [-0.2, 0) is 0 Å². The summed E-state index contributed by atoms with van der Waals surface area (Å²) in [6.07, 6.45) is 4.38. The minimum atomic E-state index is 1.14. The van der Waals surface area contributed by atoms with Gasteiger partial charge in [-0.1, -0.05) is 43.7 Å². The summed E-state index contributed by atoms with van der Waals surface area (Å²) in [6, 6.07) is 10.3. The zero-order valence-electron chi connectivity index (χ0n) is 8.38. The molecule has 0 saturated carbocycles. The molecule has 0 aliphatic heterocycles. The van der Waals surface area contributed by atoms with Crippen LogP contribution in [0.5, 0.6) is 0 Å². The maximum Gasteiger partial charge on any atom is -0.0128 e. The predicted molar refractivity (Wildman–Crippen MR) is 58.5 cm³/mol. The molecular formula is C13H16. The van der Waals surface area contributed by atoms with Crippen molar-refractivity contribution in [2.45, 2.75) is 26.7 Å². The predicted octanol–water partition coefficient (Wildman–Crippen LogP) is 4.05. The summed E-state index contributed by atoms with van der Waals surface area (Å²) >= 11 is 0. The molecule has 0 N–H and O–H groups in total. The van der Waals surface area contributed by atoms with E-state index in [2.05, 4.69) is 31.7 Å². The molecule has 0 aromatic heterocycles. The summed E-state index contributed by atoms with van der Waals surface area (Å²) < 4.78 is 0. The highest BCUT2D eigenvalue weighted by molar-refractivity contribution is 5.48. The van der Waals surface area contributed by atoms with Gasteiger partial charge in [0.25, 0.3) is 0 Å². The lowest BCUT2D eigenvalue weighted by molar-refractivity contribution is 0.908. The number of rotatable bonds is 3. The molecule has 0 aliphatic rings. The minimum absolute atomic E-state index is 1.14. The zero-order chi connectivity index (χ0) is 9.52. The largest absolute Gasteiger partial charge is 0.121 e. The summed E-state index contributed by atoms with van der Waals surface area (Å²) in [5.41, 5.74) is 5.84. The molecule has 0 bridgehead atoms. The standard InChI is InChI=1S/C13H16/c1-3-7-12(2)10-11-13-8-5-4-6-9-13/h4-6,8-9,11H,3,7H2,1-2H3. The summed E-state index contributed by atoms with van der Waals surface area (Å²) in [7, 11) is 0. The van der Waals surface area contributed by atoms with Gasteiger partial charge in [-0.05, 0) is 30.6 Å². The van der Waals surface area contributed by atoms with Gasteiger partial charge in [-0.25, -0.2) is 0 Å². The lowest BCUT2D eigenvalue weighted by atomic mass is 10.1. The van der Waals surface area contributed by atoms with E-state index >= 15 is 0 Å². The molecule has 0 saturated heterocycles. The second kappa shape index (κ2) is 5.40. The van der Waals surface area contributed by atoms with E-state index in [4.69, 9.17) is 0 Å². The third-order valence-corrected chi connectivity index (χ3v) is 1.91. The molecule has 0 heteroatoms. The number of benzene rings is 1. The number of hydrogen-bond donors (Lipinski definition) is 0. The van der Waals surface area contributed by atoms with E-state index < -0.39 is 0 Å². The molecule has 0 fully saturated rings. The lowest BCUT2D eigenvalue weighted by Crippen LogP contribution is -1.71. The molecule has 0 spiro atoms. The van der Waals surface area contributed by atoms with E-state index in [1.807, 2.05) is 24.3 Å². The van der Waals surface area contributed by atoms with E-state index in [1.54, 1.807) is 0 Å². The number of allylic oxidation sites excluding steroid dienone is 1. The molecule has 0 unspecified atom stereocenters. The average molecular weight is 172 g/mol. The minimum Gasteiger partial charge on any atom is -0.121 e. The van der Waals surface area contributed by atoms with Crippen LogP contribution in [0.1, 0.15) is 32.3 Å². The maximum absolute atomic E-state index is 3.29. The van der Waals surface area contributed by atoms with Crippen molar-refractivity contribution in [1.29, 1.82) is 0 Å². The maximum atomic E-state index is 3.29. The highest BCUT2D eigenvalue weighted by atomic mass is 13.9. The van der Waals surface area contributed by atoms with Crippen LogP contribution in [0.15, 0.2) is 41.6 Å². The Morgan fingerprint density at radius 3 is 2.62 bits per heavy atom. The van der Waals surface area contributed by atoms with E-state index in [0.717, 1.165) is 6.42 Å². The second-order valence-corrected chi connectivity index (χ2v) is 3.23. The molecule has 1 rings (SSSR count). The fourth-order valence-corrected chi connectivity index (χ4v) is 1.20. The molecule has 13 heavy (non-hydrogen) atoms. The highest BCUT2D eigenvalue weighted by Crippen LogP contribution is 2.04. The molecule has 0 radical (unpaired) electrons. The van der Waals surface area contributed by atoms with Gasteiger partial charge in [0.05, 0.1) is 0 Å². The molecule has 0 aliphatic carbocycles. The van der Waals surface area contributed by atoms with Crippen LogP contribution in [0.25, 0.3) is 6.08 Å². The Kier molecular flexibility index (Phi) is 4.08. The normalized spacial score (nSPS) is 9.08. The molecule has 68 valence electrons. The van der Waals surface area contributed by atoms with E-state index in [0.29, 0.717) is 0 Å². The van der Waals surface area contributed by atoms with Crippen molar-refractivity contribution in [2.75, 3.05) is 0 Å². The first-order valence-corrected chi connectivity index (χ1v) is 4.80. The van der Waals surface area contributed by atoms with E-state index in [9.17, 15) is 0 Å². The first kappa shape index (κ1) is 9.83. The third kappa shape index (κ3) is 3.78. The fourth-order valence-electron chi connectivity index (χ4n) is 1.20. The topological polar surface area (TPSA) is 0 Å². The molecule has 0 heterocycles. The van der Waals surface area contributed by atoms with Crippen LogP contribution in [0.2, 0.25) is 0 Å². The Labute approximate surface area is 80.6 Å². The molecule has 0 atom stereocenters. The Hall–Kier alpha value is -1.26. The van der Waals surface area contributed by atoms with Crippen LogP contribution >= 0.6 is 0 Å². The zero-order valence-corrected chi connectivity index (χ0v) is 8.38. The summed E-state index contributed by atoms with van der Waals surface area (Å²) in [6.45, 7) is 4.32. The van der Waals surface area contributed by atoms with Gasteiger partial charge < -0.3 is 0 Å². The average Bonchev–Trinajstić information content (AvgIpc) is 2.17. The van der Waals surface area contributed by atoms with Crippen LogP contribution < -0.4 is 0 Å². The van der Waals surface area contributed by atoms with Crippen LogP contribution in [0.4, 0.5) is 0 Å².